The molecule has 66 heavy (non-hydrogen) atoms. The number of rotatable bonds is 56. The van der Waals surface area contributed by atoms with E-state index in [0.29, 0.717) is 19.4 Å². The Kier molecular flexibility index (Phi) is 55.0. The predicted molar refractivity (Wildman–Crippen MR) is 287 cm³/mol. The van der Waals surface area contributed by atoms with Gasteiger partial charge in [-0.3, -0.25) is 9.59 Å². The van der Waals surface area contributed by atoms with Crippen LogP contribution >= 0.6 is 0 Å². The molecular weight excluding hydrogens is 815 g/mol. The maximum atomic E-state index is 12.4. The first kappa shape index (κ1) is 64.6. The summed E-state index contributed by atoms with van der Waals surface area (Å²) < 4.78 is 5.48. The molecule has 0 aliphatic rings. The van der Waals surface area contributed by atoms with E-state index in [2.05, 4.69) is 19.2 Å². The van der Waals surface area contributed by atoms with Gasteiger partial charge in [0.2, 0.25) is 5.91 Å². The van der Waals surface area contributed by atoms with Crippen LogP contribution < -0.4 is 5.32 Å². The second-order valence-electron chi connectivity index (χ2n) is 20.7. The van der Waals surface area contributed by atoms with Gasteiger partial charge in [-0.15, -0.1) is 0 Å². The Morgan fingerprint density at radius 3 is 1.03 bits per heavy atom. The lowest BCUT2D eigenvalue weighted by atomic mass is 10.0. The van der Waals surface area contributed by atoms with E-state index in [1.807, 2.05) is 6.08 Å². The molecular formula is C60H117NO5. The van der Waals surface area contributed by atoms with Gasteiger partial charge in [0, 0.05) is 12.8 Å². The smallest absolute Gasteiger partial charge is 0.305 e. The summed E-state index contributed by atoms with van der Waals surface area (Å²) >= 11 is 0. The fraction of sp³-hybridized carbons (Fsp3) is 0.933. The molecule has 2 unspecified atom stereocenters. The van der Waals surface area contributed by atoms with Crippen LogP contribution in [0, 0.1) is 0 Å². The van der Waals surface area contributed by atoms with Crippen LogP contribution in [0.1, 0.15) is 335 Å². The summed E-state index contributed by atoms with van der Waals surface area (Å²) in [6.45, 7) is 4.90. The summed E-state index contributed by atoms with van der Waals surface area (Å²) in [7, 11) is 0. The van der Waals surface area contributed by atoms with Crippen molar-refractivity contribution in [2.45, 2.75) is 347 Å². The van der Waals surface area contributed by atoms with Crippen molar-refractivity contribution in [2.24, 2.45) is 0 Å². The van der Waals surface area contributed by atoms with E-state index in [0.717, 1.165) is 38.5 Å². The summed E-state index contributed by atoms with van der Waals surface area (Å²) in [6.07, 6.45) is 66.9. The van der Waals surface area contributed by atoms with Gasteiger partial charge in [0.25, 0.3) is 0 Å². The van der Waals surface area contributed by atoms with Crippen molar-refractivity contribution in [3.05, 3.63) is 12.2 Å². The standard InChI is InChI=1S/C60H117NO5/c1-3-5-7-9-11-13-15-30-34-38-42-46-50-54-60(65)66-55-51-47-43-39-35-32-29-27-25-23-21-19-17-16-18-20-22-24-26-28-31-33-37-41-45-49-53-59(64)61-57(56-62)58(63)52-48-44-40-36-14-12-10-8-6-4-2/h48,52,57-58,62-63H,3-47,49-51,53-56H2,1-2H3,(H,61,64)/b52-48+. The molecule has 0 fully saturated rings. The molecule has 0 aromatic carbocycles. The predicted octanol–water partition coefficient (Wildman–Crippen LogP) is 18.5. The molecule has 0 bridgehead atoms. The van der Waals surface area contributed by atoms with Gasteiger partial charge in [-0.2, -0.15) is 0 Å². The van der Waals surface area contributed by atoms with Crippen molar-refractivity contribution in [3.63, 3.8) is 0 Å². The minimum Gasteiger partial charge on any atom is -0.466 e. The van der Waals surface area contributed by atoms with Crippen LogP contribution in [0.4, 0.5) is 0 Å². The molecule has 0 aliphatic heterocycles. The Labute approximate surface area is 412 Å². The fourth-order valence-electron chi connectivity index (χ4n) is 9.46. The van der Waals surface area contributed by atoms with Crippen molar-refractivity contribution in [1.82, 2.24) is 5.32 Å². The lowest BCUT2D eigenvalue weighted by Gasteiger charge is -2.20. The lowest BCUT2D eigenvalue weighted by Crippen LogP contribution is -2.45. The van der Waals surface area contributed by atoms with E-state index in [4.69, 9.17) is 4.74 Å². The van der Waals surface area contributed by atoms with Gasteiger partial charge in [0.1, 0.15) is 0 Å². The molecule has 0 saturated heterocycles. The Balaban J connectivity index is 3.33. The van der Waals surface area contributed by atoms with Crippen molar-refractivity contribution in [1.29, 1.82) is 0 Å². The Hall–Kier alpha value is -1.40. The molecule has 0 rings (SSSR count). The van der Waals surface area contributed by atoms with Crippen LogP contribution in [0.2, 0.25) is 0 Å². The molecule has 0 aromatic heterocycles. The van der Waals surface area contributed by atoms with Gasteiger partial charge < -0.3 is 20.3 Å². The highest BCUT2D eigenvalue weighted by Gasteiger charge is 2.18. The first-order valence-electron chi connectivity index (χ1n) is 30.0. The van der Waals surface area contributed by atoms with E-state index in [-0.39, 0.29) is 18.5 Å². The quantitative estimate of drug-likeness (QED) is 0.0321. The average Bonchev–Trinajstić information content (AvgIpc) is 3.32. The number of hydrogen-bond donors (Lipinski definition) is 3. The zero-order valence-electron chi connectivity index (χ0n) is 44.7. The number of esters is 1. The maximum absolute atomic E-state index is 12.4. The van der Waals surface area contributed by atoms with Gasteiger partial charge in [-0.1, -0.05) is 302 Å². The highest BCUT2D eigenvalue weighted by molar-refractivity contribution is 5.76. The molecule has 6 nitrogen and oxygen atoms in total. The molecule has 6 heteroatoms. The summed E-state index contributed by atoms with van der Waals surface area (Å²) in [4.78, 5) is 24.4. The van der Waals surface area contributed by atoms with Crippen molar-refractivity contribution in [3.8, 4) is 0 Å². The number of carbonyl (C=O) groups is 2. The summed E-state index contributed by atoms with van der Waals surface area (Å²) in [6, 6.07) is -0.623. The van der Waals surface area contributed by atoms with Crippen LogP contribution in [0.5, 0.6) is 0 Å². The SMILES string of the molecule is CCCCCCCCCC/C=C/C(O)C(CO)NC(=O)CCCCCCCCCCCCCCCCCCCCCCCCCCCCOC(=O)CCCCCCCCCCCCCCC. The molecule has 0 aliphatic carbocycles. The van der Waals surface area contributed by atoms with Crippen LogP contribution in [0.3, 0.4) is 0 Å². The highest BCUT2D eigenvalue weighted by atomic mass is 16.5. The minimum atomic E-state index is -0.840. The van der Waals surface area contributed by atoms with Crippen molar-refractivity contribution >= 4 is 11.9 Å². The zero-order valence-corrected chi connectivity index (χ0v) is 44.7. The Morgan fingerprint density at radius 2 is 0.697 bits per heavy atom. The number of hydrogen-bond acceptors (Lipinski definition) is 5. The molecule has 3 N–H and O–H groups in total. The third-order valence-corrected chi connectivity index (χ3v) is 14.1. The largest absolute Gasteiger partial charge is 0.466 e. The third-order valence-electron chi connectivity index (χ3n) is 14.1. The molecule has 0 saturated carbocycles. The number of nitrogens with one attached hydrogen (secondary N) is 1. The second kappa shape index (κ2) is 56.2. The monoisotopic (exact) mass is 932 g/mol. The van der Waals surface area contributed by atoms with Crippen LogP contribution in [0.15, 0.2) is 12.2 Å². The van der Waals surface area contributed by atoms with Crippen LogP contribution in [0.25, 0.3) is 0 Å². The molecule has 1 amide bonds. The number of unbranched alkanes of at least 4 members (excludes halogenated alkanes) is 45. The van der Waals surface area contributed by atoms with E-state index < -0.39 is 12.1 Å². The second-order valence-corrected chi connectivity index (χ2v) is 20.7. The minimum absolute atomic E-state index is 0.0187. The van der Waals surface area contributed by atoms with Gasteiger partial charge >= 0.3 is 5.97 Å². The topological polar surface area (TPSA) is 95.9 Å². The molecule has 392 valence electrons. The summed E-state index contributed by atoms with van der Waals surface area (Å²) in [5.41, 5.74) is 0. The molecule has 0 heterocycles. The van der Waals surface area contributed by atoms with Crippen molar-refractivity contribution < 1.29 is 24.5 Å². The van der Waals surface area contributed by atoms with E-state index >= 15 is 0 Å². The number of amides is 1. The maximum Gasteiger partial charge on any atom is 0.305 e. The lowest BCUT2D eigenvalue weighted by molar-refractivity contribution is -0.143. The normalized spacial score (nSPS) is 12.6. The molecule has 0 radical (unpaired) electrons. The number of ether oxygens (including phenoxy) is 1. The van der Waals surface area contributed by atoms with Gasteiger partial charge in [0.15, 0.2) is 0 Å². The number of allylic oxidation sites excluding steroid dienone is 1. The average molecular weight is 933 g/mol. The van der Waals surface area contributed by atoms with Gasteiger partial charge in [0.05, 0.1) is 25.4 Å². The van der Waals surface area contributed by atoms with Crippen molar-refractivity contribution in [2.75, 3.05) is 13.2 Å². The summed E-state index contributed by atoms with van der Waals surface area (Å²) in [5.74, 6) is -0.0477. The van der Waals surface area contributed by atoms with Gasteiger partial charge in [-0.25, -0.2) is 0 Å². The van der Waals surface area contributed by atoms with E-state index in [9.17, 15) is 19.8 Å². The zero-order chi connectivity index (χ0) is 47.9. The van der Waals surface area contributed by atoms with Crippen LogP contribution in [-0.4, -0.2) is 47.4 Å². The number of aliphatic hydroxyl groups excluding tert-OH is 2. The van der Waals surface area contributed by atoms with Crippen LogP contribution in [-0.2, 0) is 14.3 Å². The molecule has 2 atom stereocenters. The number of aliphatic hydroxyl groups is 2. The third kappa shape index (κ3) is 52.0. The fourth-order valence-corrected chi connectivity index (χ4v) is 9.46. The molecule has 0 spiro atoms. The highest BCUT2D eigenvalue weighted by Crippen LogP contribution is 2.18. The Morgan fingerprint density at radius 1 is 0.409 bits per heavy atom. The summed E-state index contributed by atoms with van der Waals surface area (Å²) in [5, 5.41) is 23.0. The van der Waals surface area contributed by atoms with E-state index in [1.54, 1.807) is 6.08 Å². The first-order chi connectivity index (χ1) is 32.5. The molecule has 0 aromatic rings. The number of carbonyl (C=O) groups excluding carboxylic acids is 2. The van der Waals surface area contributed by atoms with E-state index in [1.165, 1.54) is 270 Å². The Bertz CT molecular complexity index is 986. The van der Waals surface area contributed by atoms with Gasteiger partial charge in [-0.05, 0) is 32.1 Å². The first-order valence-corrected chi connectivity index (χ1v) is 30.0.